The third-order valence-corrected chi connectivity index (χ3v) is 8.59. The summed E-state index contributed by atoms with van der Waals surface area (Å²) in [6.07, 6.45) is 11.8. The third kappa shape index (κ3) is 3.56. The zero-order valence-electron chi connectivity index (χ0n) is 16.8. The number of nitrogens with zero attached hydrogens (tertiary/aromatic N) is 2. The standard InChI is InChI=1S/C22H37N3O2/c23-22(2-9-27-10-3-22)20(26)25-7-5-24(6-8-25)4-1-21-14-17-11-18(15-21)13-19(12-17)16-21/h17-19H,1-16,23H2. The van der Waals surface area contributed by atoms with Crippen LogP contribution in [0.15, 0.2) is 0 Å². The van der Waals surface area contributed by atoms with Crippen LogP contribution in [0.1, 0.15) is 57.8 Å². The Kier molecular flexibility index (Phi) is 4.76. The third-order valence-electron chi connectivity index (χ3n) is 8.59. The van der Waals surface area contributed by atoms with E-state index in [1.165, 1.54) is 51.5 Å². The molecule has 4 aliphatic carbocycles. The number of carbonyl (C=O) groups is 1. The largest absolute Gasteiger partial charge is 0.381 e. The van der Waals surface area contributed by atoms with E-state index in [4.69, 9.17) is 10.5 Å². The van der Waals surface area contributed by atoms with E-state index < -0.39 is 5.54 Å². The lowest BCUT2D eigenvalue weighted by Crippen LogP contribution is -2.61. The highest BCUT2D eigenvalue weighted by Crippen LogP contribution is 2.61. The fourth-order valence-corrected chi connectivity index (χ4v) is 7.43. The van der Waals surface area contributed by atoms with Gasteiger partial charge in [-0.1, -0.05) is 0 Å². The second kappa shape index (κ2) is 7.00. The molecule has 4 bridgehead atoms. The Bertz CT molecular complexity index is 529. The molecule has 6 rings (SSSR count). The van der Waals surface area contributed by atoms with Crippen molar-refractivity contribution in [3.05, 3.63) is 0 Å². The fourth-order valence-electron chi connectivity index (χ4n) is 7.43. The molecule has 0 aromatic rings. The van der Waals surface area contributed by atoms with Gasteiger partial charge in [0, 0.05) is 39.4 Å². The van der Waals surface area contributed by atoms with Gasteiger partial charge in [-0.2, -0.15) is 0 Å². The van der Waals surface area contributed by atoms with E-state index in [1.54, 1.807) is 0 Å². The summed E-state index contributed by atoms with van der Waals surface area (Å²) in [7, 11) is 0. The number of amides is 1. The highest BCUT2D eigenvalue weighted by atomic mass is 16.5. The van der Waals surface area contributed by atoms with Crippen LogP contribution in [0.2, 0.25) is 0 Å². The molecule has 0 radical (unpaired) electrons. The molecule has 2 N–H and O–H groups in total. The Labute approximate surface area is 164 Å². The van der Waals surface area contributed by atoms with Crippen LogP contribution in [-0.4, -0.2) is 67.2 Å². The molecule has 2 saturated heterocycles. The topological polar surface area (TPSA) is 58.8 Å². The summed E-state index contributed by atoms with van der Waals surface area (Å²) in [4.78, 5) is 17.5. The van der Waals surface area contributed by atoms with Gasteiger partial charge in [0.2, 0.25) is 5.91 Å². The Balaban J connectivity index is 1.11. The molecule has 1 amide bonds. The lowest BCUT2D eigenvalue weighted by molar-refractivity contribution is -0.142. The van der Waals surface area contributed by atoms with Gasteiger partial charge in [-0.25, -0.2) is 0 Å². The molecular weight excluding hydrogens is 338 g/mol. The molecule has 0 spiro atoms. The normalized spacial score (nSPS) is 41.1. The Morgan fingerprint density at radius 3 is 2.04 bits per heavy atom. The van der Waals surface area contributed by atoms with Gasteiger partial charge in [0.15, 0.2) is 0 Å². The van der Waals surface area contributed by atoms with E-state index in [9.17, 15) is 4.79 Å². The Hall–Kier alpha value is -0.650. The maximum Gasteiger partial charge on any atom is 0.242 e. The lowest BCUT2D eigenvalue weighted by atomic mass is 9.49. The summed E-state index contributed by atoms with van der Waals surface area (Å²) < 4.78 is 5.39. The molecule has 2 heterocycles. The minimum atomic E-state index is -0.681. The number of hydrogen-bond donors (Lipinski definition) is 1. The average Bonchev–Trinajstić information content (AvgIpc) is 2.66. The minimum absolute atomic E-state index is 0.159. The Morgan fingerprint density at radius 1 is 0.926 bits per heavy atom. The summed E-state index contributed by atoms with van der Waals surface area (Å²) in [6.45, 7) is 6.20. The molecule has 152 valence electrons. The number of piperazine rings is 1. The number of ether oxygens (including phenoxy) is 1. The molecule has 6 aliphatic rings. The van der Waals surface area contributed by atoms with Crippen LogP contribution in [0.25, 0.3) is 0 Å². The molecular formula is C22H37N3O2. The van der Waals surface area contributed by atoms with E-state index in [0.29, 0.717) is 31.5 Å². The van der Waals surface area contributed by atoms with E-state index in [-0.39, 0.29) is 5.91 Å². The second-order valence-corrected chi connectivity index (χ2v) is 10.6. The first-order valence-electron chi connectivity index (χ1n) is 11.4. The molecule has 0 aromatic heterocycles. The van der Waals surface area contributed by atoms with Crippen LogP contribution in [0.4, 0.5) is 0 Å². The lowest BCUT2D eigenvalue weighted by Gasteiger charge is -2.57. The minimum Gasteiger partial charge on any atom is -0.381 e. The van der Waals surface area contributed by atoms with Crippen molar-refractivity contribution in [2.24, 2.45) is 28.9 Å². The van der Waals surface area contributed by atoms with Gasteiger partial charge in [-0.15, -0.1) is 0 Å². The number of carbonyl (C=O) groups excluding carboxylic acids is 1. The van der Waals surface area contributed by atoms with Gasteiger partial charge in [0.25, 0.3) is 0 Å². The maximum absolute atomic E-state index is 12.9. The number of rotatable bonds is 4. The summed E-state index contributed by atoms with van der Waals surface area (Å²) in [5.41, 5.74) is 6.40. The first-order chi connectivity index (χ1) is 13.0. The number of nitrogens with two attached hydrogens (primary N) is 1. The highest BCUT2D eigenvalue weighted by molar-refractivity contribution is 5.86. The van der Waals surface area contributed by atoms with Crippen LogP contribution < -0.4 is 5.73 Å². The molecule has 0 atom stereocenters. The zero-order chi connectivity index (χ0) is 18.5. The molecule has 5 heteroatoms. The summed E-state index contributed by atoms with van der Waals surface area (Å²) in [5.74, 6) is 3.30. The van der Waals surface area contributed by atoms with Gasteiger partial charge >= 0.3 is 0 Å². The van der Waals surface area contributed by atoms with Gasteiger partial charge < -0.3 is 15.4 Å². The molecule has 0 unspecified atom stereocenters. The smallest absolute Gasteiger partial charge is 0.242 e. The van der Waals surface area contributed by atoms with Crippen molar-refractivity contribution >= 4 is 5.91 Å². The van der Waals surface area contributed by atoms with Crippen LogP contribution in [0, 0.1) is 23.2 Å². The summed E-state index contributed by atoms with van der Waals surface area (Å²) in [5, 5.41) is 0. The van der Waals surface area contributed by atoms with Crippen molar-refractivity contribution in [3.63, 3.8) is 0 Å². The molecule has 2 aliphatic heterocycles. The van der Waals surface area contributed by atoms with Gasteiger partial charge in [-0.05, 0) is 87.5 Å². The van der Waals surface area contributed by atoms with Crippen molar-refractivity contribution in [2.75, 3.05) is 45.9 Å². The van der Waals surface area contributed by atoms with Crippen molar-refractivity contribution < 1.29 is 9.53 Å². The van der Waals surface area contributed by atoms with Crippen molar-refractivity contribution in [2.45, 2.75) is 63.3 Å². The fraction of sp³-hybridized carbons (Fsp3) is 0.955. The number of hydrogen-bond acceptors (Lipinski definition) is 4. The van der Waals surface area contributed by atoms with E-state index in [0.717, 1.165) is 43.9 Å². The predicted molar refractivity (Wildman–Crippen MR) is 105 cm³/mol. The SMILES string of the molecule is NC1(C(=O)N2CCN(CCC34CC5CC(CC(C5)C3)C4)CC2)CCOCC1. The molecule has 4 saturated carbocycles. The first kappa shape index (κ1) is 18.4. The molecule has 6 fully saturated rings. The van der Waals surface area contributed by atoms with E-state index in [1.807, 2.05) is 4.90 Å². The van der Waals surface area contributed by atoms with Crippen LogP contribution in [0.3, 0.4) is 0 Å². The summed E-state index contributed by atoms with van der Waals surface area (Å²) >= 11 is 0. The zero-order valence-corrected chi connectivity index (χ0v) is 16.8. The van der Waals surface area contributed by atoms with Gasteiger partial charge in [0.1, 0.15) is 0 Å². The second-order valence-electron chi connectivity index (χ2n) is 10.6. The summed E-state index contributed by atoms with van der Waals surface area (Å²) in [6, 6.07) is 0. The molecule has 0 aromatic carbocycles. The predicted octanol–water partition coefficient (Wildman–Crippen LogP) is 2.24. The quantitative estimate of drug-likeness (QED) is 0.819. The highest BCUT2D eigenvalue weighted by Gasteiger charge is 2.50. The molecule has 5 nitrogen and oxygen atoms in total. The van der Waals surface area contributed by atoms with Crippen molar-refractivity contribution in [1.29, 1.82) is 0 Å². The van der Waals surface area contributed by atoms with Gasteiger partial charge in [0.05, 0.1) is 5.54 Å². The van der Waals surface area contributed by atoms with Crippen LogP contribution >= 0.6 is 0 Å². The van der Waals surface area contributed by atoms with Gasteiger partial charge in [-0.3, -0.25) is 9.69 Å². The van der Waals surface area contributed by atoms with Crippen LogP contribution in [0.5, 0.6) is 0 Å². The monoisotopic (exact) mass is 375 g/mol. The molecule has 27 heavy (non-hydrogen) atoms. The maximum atomic E-state index is 12.9. The van der Waals surface area contributed by atoms with E-state index in [2.05, 4.69) is 4.90 Å². The average molecular weight is 376 g/mol. The van der Waals surface area contributed by atoms with Crippen LogP contribution in [-0.2, 0) is 9.53 Å². The van der Waals surface area contributed by atoms with Crippen molar-refractivity contribution in [3.8, 4) is 0 Å². The Morgan fingerprint density at radius 2 is 1.48 bits per heavy atom. The first-order valence-corrected chi connectivity index (χ1v) is 11.4. The van der Waals surface area contributed by atoms with E-state index >= 15 is 0 Å². The van der Waals surface area contributed by atoms with Crippen molar-refractivity contribution in [1.82, 2.24) is 9.80 Å².